The summed E-state index contributed by atoms with van der Waals surface area (Å²) in [6.07, 6.45) is 7.71. The van der Waals surface area contributed by atoms with Gasteiger partial charge in [-0.1, -0.05) is 25.0 Å². The molecule has 2 aliphatic carbocycles. The molecule has 0 bridgehead atoms. The average Bonchev–Trinajstić information content (AvgIpc) is 2.99. The van der Waals surface area contributed by atoms with Gasteiger partial charge in [0, 0.05) is 12.1 Å². The Kier molecular flexibility index (Phi) is 3.29. The lowest BCUT2D eigenvalue weighted by Gasteiger charge is -2.25. The summed E-state index contributed by atoms with van der Waals surface area (Å²) in [5.41, 5.74) is 2.48. The van der Waals surface area contributed by atoms with Gasteiger partial charge in [0.25, 0.3) is 0 Å². The van der Waals surface area contributed by atoms with Crippen molar-refractivity contribution >= 4 is 0 Å². The van der Waals surface area contributed by atoms with Crippen LogP contribution in [0.1, 0.15) is 56.2 Å². The van der Waals surface area contributed by atoms with E-state index in [1.165, 1.54) is 31.2 Å². The molecule has 0 radical (unpaired) electrons. The quantitative estimate of drug-likeness (QED) is 0.853. The van der Waals surface area contributed by atoms with Gasteiger partial charge in [-0.3, -0.25) is 0 Å². The molecule has 0 spiro atoms. The molecule has 98 valence electrons. The van der Waals surface area contributed by atoms with Crippen molar-refractivity contribution in [1.29, 1.82) is 0 Å². The lowest BCUT2D eigenvalue weighted by molar-refractivity contribution is 0.342. The first-order valence-electron chi connectivity index (χ1n) is 7.32. The van der Waals surface area contributed by atoms with Gasteiger partial charge in [-0.2, -0.15) is 0 Å². The number of hydrogen-bond acceptors (Lipinski definition) is 2. The van der Waals surface area contributed by atoms with Crippen molar-refractivity contribution in [3.8, 4) is 5.75 Å². The van der Waals surface area contributed by atoms with Crippen LogP contribution in [0.25, 0.3) is 0 Å². The van der Waals surface area contributed by atoms with Crippen LogP contribution in [0.4, 0.5) is 0 Å². The molecule has 18 heavy (non-hydrogen) atoms. The van der Waals surface area contributed by atoms with Crippen molar-refractivity contribution in [3.63, 3.8) is 0 Å². The van der Waals surface area contributed by atoms with Gasteiger partial charge in [-0.25, -0.2) is 0 Å². The Hall–Kier alpha value is -1.02. The fourth-order valence-electron chi connectivity index (χ4n) is 3.72. The molecule has 2 atom stereocenters. The Morgan fingerprint density at radius 1 is 1.22 bits per heavy atom. The molecular formula is C16H23NO. The zero-order chi connectivity index (χ0) is 12.5. The topological polar surface area (TPSA) is 32.3 Å². The normalized spacial score (nSPS) is 25.3. The molecule has 2 nitrogen and oxygen atoms in total. The summed E-state index contributed by atoms with van der Waals surface area (Å²) >= 11 is 0. The number of hydrogen-bond donors (Lipinski definition) is 2. The zero-order valence-corrected chi connectivity index (χ0v) is 11.2. The molecule has 2 aliphatic rings. The van der Waals surface area contributed by atoms with Gasteiger partial charge in [0.15, 0.2) is 0 Å². The third-order valence-corrected chi connectivity index (χ3v) is 4.82. The van der Waals surface area contributed by atoms with E-state index in [0.29, 0.717) is 17.8 Å². The monoisotopic (exact) mass is 245 g/mol. The SMILES string of the molecule is C[C@H](NC1CCc2c(O)cccc21)C1CCCC1. The van der Waals surface area contributed by atoms with E-state index in [1.807, 2.05) is 12.1 Å². The summed E-state index contributed by atoms with van der Waals surface area (Å²) in [5.74, 6) is 1.33. The van der Waals surface area contributed by atoms with Crippen LogP contribution in [0.2, 0.25) is 0 Å². The first kappa shape index (κ1) is 12.0. The van der Waals surface area contributed by atoms with Crippen molar-refractivity contribution in [2.45, 2.75) is 57.5 Å². The Bertz CT molecular complexity index is 423. The van der Waals surface area contributed by atoms with Crippen molar-refractivity contribution < 1.29 is 5.11 Å². The van der Waals surface area contributed by atoms with E-state index in [4.69, 9.17) is 0 Å². The first-order valence-corrected chi connectivity index (χ1v) is 7.32. The number of nitrogens with one attached hydrogen (secondary N) is 1. The number of rotatable bonds is 3. The molecule has 0 aliphatic heterocycles. The number of fused-ring (bicyclic) bond motifs is 1. The van der Waals surface area contributed by atoms with Crippen LogP contribution in [-0.2, 0) is 6.42 Å². The molecule has 1 aromatic carbocycles. The number of phenols is 1. The zero-order valence-electron chi connectivity index (χ0n) is 11.2. The molecule has 2 N–H and O–H groups in total. The highest BCUT2D eigenvalue weighted by Gasteiger charge is 2.28. The predicted octanol–water partition coefficient (Wildman–Crippen LogP) is 3.55. The van der Waals surface area contributed by atoms with Crippen LogP contribution in [0, 0.1) is 5.92 Å². The van der Waals surface area contributed by atoms with Gasteiger partial charge in [0.1, 0.15) is 5.75 Å². The molecule has 0 aromatic heterocycles. The Labute approximate surface area is 109 Å². The fraction of sp³-hybridized carbons (Fsp3) is 0.625. The maximum Gasteiger partial charge on any atom is 0.119 e. The summed E-state index contributed by atoms with van der Waals surface area (Å²) in [4.78, 5) is 0. The van der Waals surface area contributed by atoms with E-state index >= 15 is 0 Å². The van der Waals surface area contributed by atoms with Crippen molar-refractivity contribution in [2.75, 3.05) is 0 Å². The van der Waals surface area contributed by atoms with E-state index in [1.54, 1.807) is 0 Å². The van der Waals surface area contributed by atoms with Crippen molar-refractivity contribution in [3.05, 3.63) is 29.3 Å². The molecule has 0 amide bonds. The van der Waals surface area contributed by atoms with E-state index in [2.05, 4.69) is 18.3 Å². The molecule has 0 saturated heterocycles. The summed E-state index contributed by atoms with van der Waals surface area (Å²) in [5, 5.41) is 13.7. The van der Waals surface area contributed by atoms with Gasteiger partial charge in [-0.15, -0.1) is 0 Å². The maximum atomic E-state index is 9.87. The van der Waals surface area contributed by atoms with Gasteiger partial charge in [-0.05, 0) is 55.7 Å². The first-order chi connectivity index (χ1) is 8.75. The second kappa shape index (κ2) is 4.93. The second-order valence-corrected chi connectivity index (χ2v) is 5.94. The minimum Gasteiger partial charge on any atom is -0.508 e. The predicted molar refractivity (Wildman–Crippen MR) is 73.7 cm³/mol. The number of phenolic OH excluding ortho intramolecular Hbond substituents is 1. The highest BCUT2D eigenvalue weighted by molar-refractivity contribution is 5.44. The molecular weight excluding hydrogens is 222 g/mol. The summed E-state index contributed by atoms with van der Waals surface area (Å²) in [6.45, 7) is 2.33. The van der Waals surface area contributed by atoms with Gasteiger partial charge in [0.05, 0.1) is 0 Å². The fourth-order valence-corrected chi connectivity index (χ4v) is 3.72. The van der Waals surface area contributed by atoms with Crippen LogP contribution in [0.3, 0.4) is 0 Å². The number of aromatic hydroxyl groups is 1. The summed E-state index contributed by atoms with van der Waals surface area (Å²) in [6, 6.07) is 6.99. The lowest BCUT2D eigenvalue weighted by atomic mass is 9.98. The van der Waals surface area contributed by atoms with Crippen LogP contribution >= 0.6 is 0 Å². The minimum absolute atomic E-state index is 0.447. The largest absolute Gasteiger partial charge is 0.508 e. The van der Waals surface area contributed by atoms with Crippen LogP contribution < -0.4 is 5.32 Å². The van der Waals surface area contributed by atoms with Crippen molar-refractivity contribution in [1.82, 2.24) is 5.32 Å². The summed E-state index contributed by atoms with van der Waals surface area (Å²) < 4.78 is 0. The lowest BCUT2D eigenvalue weighted by Crippen LogP contribution is -2.34. The maximum absolute atomic E-state index is 9.87. The van der Waals surface area contributed by atoms with Gasteiger partial charge >= 0.3 is 0 Å². The molecule has 0 heterocycles. The Balaban J connectivity index is 1.70. The Morgan fingerprint density at radius 2 is 2.00 bits per heavy atom. The highest BCUT2D eigenvalue weighted by Crippen LogP contribution is 2.37. The molecule has 1 unspecified atom stereocenters. The van der Waals surface area contributed by atoms with Gasteiger partial charge < -0.3 is 10.4 Å². The average molecular weight is 245 g/mol. The smallest absolute Gasteiger partial charge is 0.119 e. The third-order valence-electron chi connectivity index (χ3n) is 4.82. The summed E-state index contributed by atoms with van der Waals surface area (Å²) in [7, 11) is 0. The molecule has 1 saturated carbocycles. The van der Waals surface area contributed by atoms with E-state index in [-0.39, 0.29) is 0 Å². The van der Waals surface area contributed by atoms with Gasteiger partial charge in [0.2, 0.25) is 0 Å². The standard InChI is InChI=1S/C16H23NO/c1-11(12-5-2-3-6-12)17-15-10-9-14-13(15)7-4-8-16(14)18/h4,7-8,11-12,15,17-18H,2-3,5-6,9-10H2,1H3/t11-,15?/m0/s1. The molecule has 1 aromatic rings. The van der Waals surface area contributed by atoms with E-state index in [0.717, 1.165) is 24.3 Å². The highest BCUT2D eigenvalue weighted by atomic mass is 16.3. The van der Waals surface area contributed by atoms with Crippen LogP contribution in [0.5, 0.6) is 5.75 Å². The molecule has 3 rings (SSSR count). The second-order valence-electron chi connectivity index (χ2n) is 5.94. The minimum atomic E-state index is 0.447. The van der Waals surface area contributed by atoms with E-state index < -0.39 is 0 Å². The van der Waals surface area contributed by atoms with Crippen molar-refractivity contribution in [2.24, 2.45) is 5.92 Å². The van der Waals surface area contributed by atoms with Crippen LogP contribution in [0.15, 0.2) is 18.2 Å². The van der Waals surface area contributed by atoms with Crippen LogP contribution in [-0.4, -0.2) is 11.1 Å². The third kappa shape index (κ3) is 2.14. The Morgan fingerprint density at radius 3 is 2.78 bits per heavy atom. The molecule has 1 fully saturated rings. The molecule has 2 heteroatoms. The number of benzene rings is 1. The van der Waals surface area contributed by atoms with E-state index in [9.17, 15) is 5.11 Å².